The standard InChI is InChI=1S/C30H34F4/c1-2-3-4-5-6-7-8-9-10-27-28(31)21-24(22-29(27)32)12-11-23-13-15-25(16-14-23)26-17-19-30(33,34)20-18-26/h9-10,13-16,21-22,26H,2-8,17-20H2,1H3/b10-9+. The Morgan fingerprint density at radius 1 is 0.853 bits per heavy atom. The summed E-state index contributed by atoms with van der Waals surface area (Å²) in [7, 11) is 0. The van der Waals surface area contributed by atoms with Crippen molar-refractivity contribution >= 4 is 6.08 Å². The summed E-state index contributed by atoms with van der Waals surface area (Å²) in [5.74, 6) is 2.14. The van der Waals surface area contributed by atoms with E-state index in [1.54, 1.807) is 0 Å². The van der Waals surface area contributed by atoms with E-state index >= 15 is 0 Å². The van der Waals surface area contributed by atoms with E-state index in [2.05, 4.69) is 18.8 Å². The van der Waals surface area contributed by atoms with Gasteiger partial charge in [0.2, 0.25) is 5.92 Å². The predicted octanol–water partition coefficient (Wildman–Crippen LogP) is 9.42. The van der Waals surface area contributed by atoms with Crippen molar-refractivity contribution < 1.29 is 17.6 Å². The molecule has 0 aliphatic heterocycles. The number of unbranched alkanes of at least 4 members (excludes halogenated alkanes) is 6. The highest BCUT2D eigenvalue weighted by Gasteiger charge is 2.35. The molecule has 0 aromatic heterocycles. The van der Waals surface area contributed by atoms with Gasteiger partial charge in [0.25, 0.3) is 0 Å². The number of hydrogen-bond donors (Lipinski definition) is 0. The van der Waals surface area contributed by atoms with Gasteiger partial charge in [-0.05, 0) is 61.4 Å². The molecule has 0 bridgehead atoms. The fourth-order valence-corrected chi connectivity index (χ4v) is 4.42. The average Bonchev–Trinajstić information content (AvgIpc) is 2.81. The largest absolute Gasteiger partial charge is 0.248 e. The topological polar surface area (TPSA) is 0 Å². The van der Waals surface area contributed by atoms with Crippen LogP contribution < -0.4 is 0 Å². The quantitative estimate of drug-likeness (QED) is 0.194. The van der Waals surface area contributed by atoms with Crippen LogP contribution in [-0.4, -0.2) is 5.92 Å². The second-order valence-corrected chi connectivity index (χ2v) is 9.31. The SMILES string of the molecule is CCCCCCCC/C=C/c1c(F)cc(C#Cc2ccc(C3CCC(F)(F)CC3)cc2)cc1F. The molecule has 3 rings (SSSR count). The van der Waals surface area contributed by atoms with Gasteiger partial charge in [0.05, 0.1) is 0 Å². The lowest BCUT2D eigenvalue weighted by atomic mass is 9.82. The molecule has 0 nitrogen and oxygen atoms in total. The number of benzene rings is 2. The van der Waals surface area contributed by atoms with Crippen molar-refractivity contribution in [2.45, 2.75) is 89.4 Å². The van der Waals surface area contributed by atoms with Crippen LogP contribution in [0.15, 0.2) is 42.5 Å². The van der Waals surface area contributed by atoms with Crippen molar-refractivity contribution in [3.63, 3.8) is 0 Å². The molecule has 0 unspecified atom stereocenters. The van der Waals surface area contributed by atoms with Crippen LogP contribution >= 0.6 is 0 Å². The maximum absolute atomic E-state index is 14.5. The molecule has 0 amide bonds. The maximum atomic E-state index is 14.5. The van der Waals surface area contributed by atoms with Gasteiger partial charge < -0.3 is 0 Å². The molecule has 1 fully saturated rings. The van der Waals surface area contributed by atoms with E-state index in [0.717, 1.165) is 24.8 Å². The van der Waals surface area contributed by atoms with Crippen LogP contribution in [0.1, 0.15) is 106 Å². The van der Waals surface area contributed by atoms with Gasteiger partial charge in [0, 0.05) is 29.5 Å². The van der Waals surface area contributed by atoms with Crippen LogP contribution in [0.5, 0.6) is 0 Å². The second-order valence-electron chi connectivity index (χ2n) is 9.31. The molecule has 34 heavy (non-hydrogen) atoms. The number of rotatable bonds is 9. The summed E-state index contributed by atoms with van der Waals surface area (Å²) in [4.78, 5) is 0. The Morgan fingerprint density at radius 3 is 2.09 bits per heavy atom. The summed E-state index contributed by atoms with van der Waals surface area (Å²) < 4.78 is 55.6. The molecule has 2 aromatic rings. The van der Waals surface area contributed by atoms with Crippen LogP contribution in [0.25, 0.3) is 6.08 Å². The summed E-state index contributed by atoms with van der Waals surface area (Å²) in [6.07, 6.45) is 12.1. The monoisotopic (exact) mass is 470 g/mol. The number of halogens is 4. The zero-order valence-electron chi connectivity index (χ0n) is 20.0. The molecule has 0 heterocycles. The second kappa shape index (κ2) is 12.8. The number of alkyl halides is 2. The van der Waals surface area contributed by atoms with E-state index in [1.165, 1.54) is 43.9 Å². The van der Waals surface area contributed by atoms with Gasteiger partial charge >= 0.3 is 0 Å². The van der Waals surface area contributed by atoms with Crippen molar-refractivity contribution in [3.05, 3.63) is 76.4 Å². The molecule has 1 saturated carbocycles. The maximum Gasteiger partial charge on any atom is 0.248 e. The fraction of sp³-hybridized carbons (Fsp3) is 0.467. The molecule has 0 N–H and O–H groups in total. The molecule has 2 aromatic carbocycles. The smallest absolute Gasteiger partial charge is 0.207 e. The van der Waals surface area contributed by atoms with Gasteiger partial charge in [0.15, 0.2) is 0 Å². The lowest BCUT2D eigenvalue weighted by Gasteiger charge is -2.28. The average molecular weight is 471 g/mol. The van der Waals surface area contributed by atoms with Crippen molar-refractivity contribution in [2.75, 3.05) is 0 Å². The van der Waals surface area contributed by atoms with E-state index < -0.39 is 17.6 Å². The van der Waals surface area contributed by atoms with Crippen molar-refractivity contribution in [1.82, 2.24) is 0 Å². The van der Waals surface area contributed by atoms with E-state index in [1.807, 2.05) is 30.3 Å². The summed E-state index contributed by atoms with van der Waals surface area (Å²) >= 11 is 0. The van der Waals surface area contributed by atoms with E-state index in [-0.39, 0.29) is 29.9 Å². The summed E-state index contributed by atoms with van der Waals surface area (Å²) in [5, 5.41) is 0. The minimum Gasteiger partial charge on any atom is -0.207 e. The van der Waals surface area contributed by atoms with Crippen LogP contribution in [0.3, 0.4) is 0 Å². The molecule has 0 spiro atoms. The minimum atomic E-state index is -2.54. The zero-order chi connectivity index (χ0) is 24.4. The van der Waals surface area contributed by atoms with Gasteiger partial charge in [-0.3, -0.25) is 0 Å². The summed E-state index contributed by atoms with van der Waals surface area (Å²) in [6, 6.07) is 10.0. The summed E-state index contributed by atoms with van der Waals surface area (Å²) in [5.41, 5.74) is 2.00. The lowest BCUT2D eigenvalue weighted by Crippen LogP contribution is -2.23. The van der Waals surface area contributed by atoms with Crippen molar-refractivity contribution in [1.29, 1.82) is 0 Å². The molecule has 0 radical (unpaired) electrons. The highest BCUT2D eigenvalue weighted by Crippen LogP contribution is 2.40. The Hall–Kier alpha value is -2.54. The van der Waals surface area contributed by atoms with Gasteiger partial charge in [-0.2, -0.15) is 0 Å². The predicted molar refractivity (Wildman–Crippen MR) is 132 cm³/mol. The highest BCUT2D eigenvalue weighted by atomic mass is 19.3. The Labute approximate surface area is 201 Å². The van der Waals surface area contributed by atoms with E-state index in [0.29, 0.717) is 18.4 Å². The van der Waals surface area contributed by atoms with E-state index in [4.69, 9.17) is 0 Å². The number of hydrogen-bond acceptors (Lipinski definition) is 0. The minimum absolute atomic E-state index is 0.0288. The third-order valence-electron chi connectivity index (χ3n) is 6.54. The highest BCUT2D eigenvalue weighted by molar-refractivity contribution is 5.54. The third-order valence-corrected chi connectivity index (χ3v) is 6.54. The molecule has 0 saturated heterocycles. The molecule has 1 aliphatic rings. The van der Waals surface area contributed by atoms with Crippen molar-refractivity contribution in [3.8, 4) is 11.8 Å². The fourth-order valence-electron chi connectivity index (χ4n) is 4.42. The molecular formula is C30H34F4. The first-order valence-electron chi connectivity index (χ1n) is 12.5. The summed E-state index contributed by atoms with van der Waals surface area (Å²) in [6.45, 7) is 2.19. The normalized spacial score (nSPS) is 15.9. The molecule has 0 atom stereocenters. The van der Waals surface area contributed by atoms with Crippen molar-refractivity contribution in [2.24, 2.45) is 0 Å². The van der Waals surface area contributed by atoms with Gasteiger partial charge in [-0.25, -0.2) is 17.6 Å². The van der Waals surface area contributed by atoms with Gasteiger partial charge in [-0.1, -0.05) is 75.2 Å². The van der Waals surface area contributed by atoms with Crippen LogP contribution in [0.4, 0.5) is 17.6 Å². The molecular weight excluding hydrogens is 436 g/mol. The number of allylic oxidation sites excluding steroid dienone is 1. The molecule has 1 aliphatic carbocycles. The first kappa shape index (κ1) is 26.1. The Balaban J connectivity index is 1.55. The Morgan fingerprint density at radius 2 is 1.44 bits per heavy atom. The Kier molecular flexibility index (Phi) is 9.81. The first-order valence-corrected chi connectivity index (χ1v) is 12.5. The first-order chi connectivity index (χ1) is 16.4. The molecule has 182 valence electrons. The van der Waals surface area contributed by atoms with Crippen LogP contribution in [-0.2, 0) is 0 Å². The lowest BCUT2D eigenvalue weighted by molar-refractivity contribution is -0.0382. The van der Waals surface area contributed by atoms with Gasteiger partial charge in [-0.15, -0.1) is 0 Å². The zero-order valence-corrected chi connectivity index (χ0v) is 20.0. The van der Waals surface area contributed by atoms with Crippen LogP contribution in [0, 0.1) is 23.5 Å². The van der Waals surface area contributed by atoms with E-state index in [9.17, 15) is 17.6 Å². The van der Waals surface area contributed by atoms with Crippen LogP contribution in [0.2, 0.25) is 0 Å². The third kappa shape index (κ3) is 8.05. The van der Waals surface area contributed by atoms with Gasteiger partial charge in [0.1, 0.15) is 11.6 Å². The Bertz CT molecular complexity index is 975. The molecule has 4 heteroatoms.